The van der Waals surface area contributed by atoms with Crippen molar-refractivity contribution in [2.24, 2.45) is 0 Å². The van der Waals surface area contributed by atoms with Gasteiger partial charge in [0.05, 0.1) is 13.7 Å². The number of aliphatic hydroxyl groups is 1. The summed E-state index contributed by atoms with van der Waals surface area (Å²) in [6.45, 7) is -0.265. The first-order valence-electron chi connectivity index (χ1n) is 5.76. The van der Waals surface area contributed by atoms with Crippen LogP contribution in [0.3, 0.4) is 0 Å². The highest BCUT2D eigenvalue weighted by Gasteiger charge is 2.15. The summed E-state index contributed by atoms with van der Waals surface area (Å²) in [6.07, 6.45) is -1.33. The summed E-state index contributed by atoms with van der Waals surface area (Å²) < 4.78 is 32.1. The van der Waals surface area contributed by atoms with E-state index in [1.54, 1.807) is 0 Å². The van der Waals surface area contributed by atoms with Crippen LogP contribution >= 0.6 is 0 Å². The van der Waals surface area contributed by atoms with Gasteiger partial charge in [-0.25, -0.2) is 13.5 Å². The van der Waals surface area contributed by atoms with Crippen LogP contribution in [0.1, 0.15) is 11.7 Å². The molecule has 0 amide bonds. The van der Waals surface area contributed by atoms with Crippen molar-refractivity contribution in [3.05, 3.63) is 57.9 Å². The second kappa shape index (κ2) is 5.79. The summed E-state index contributed by atoms with van der Waals surface area (Å²) in [4.78, 5) is 11.6. The van der Waals surface area contributed by atoms with Crippen molar-refractivity contribution in [3.63, 3.8) is 0 Å². The van der Waals surface area contributed by atoms with Crippen molar-refractivity contribution in [2.75, 3.05) is 7.11 Å². The molecule has 106 valence electrons. The van der Waals surface area contributed by atoms with Crippen LogP contribution in [-0.2, 0) is 6.54 Å². The van der Waals surface area contributed by atoms with Crippen LogP contribution in [0.25, 0.3) is 0 Å². The van der Waals surface area contributed by atoms with Crippen molar-refractivity contribution in [1.29, 1.82) is 0 Å². The molecule has 1 heterocycles. The van der Waals surface area contributed by atoms with Crippen molar-refractivity contribution >= 4 is 0 Å². The zero-order chi connectivity index (χ0) is 14.7. The first-order valence-corrected chi connectivity index (χ1v) is 5.76. The molecule has 2 rings (SSSR count). The van der Waals surface area contributed by atoms with Gasteiger partial charge in [0.15, 0.2) is 0 Å². The highest BCUT2D eigenvalue weighted by Crippen LogP contribution is 2.19. The van der Waals surface area contributed by atoms with E-state index in [0.29, 0.717) is 6.07 Å². The molecule has 2 aromatic rings. The molecular weight excluding hydrogens is 270 g/mol. The summed E-state index contributed by atoms with van der Waals surface area (Å²) in [5, 5.41) is 13.8. The molecule has 0 saturated heterocycles. The quantitative estimate of drug-likeness (QED) is 0.917. The maximum Gasteiger partial charge on any atom is 0.267 e. The lowest BCUT2D eigenvalue weighted by molar-refractivity contribution is 0.143. The molecule has 1 N–H and O–H groups in total. The minimum atomic E-state index is -1.33. The van der Waals surface area contributed by atoms with E-state index < -0.39 is 23.3 Å². The largest absolute Gasteiger partial charge is 0.480 e. The van der Waals surface area contributed by atoms with Gasteiger partial charge in [-0.3, -0.25) is 4.79 Å². The van der Waals surface area contributed by atoms with Crippen LogP contribution in [0.5, 0.6) is 5.88 Å². The Hall–Kier alpha value is -2.28. The number of aromatic nitrogens is 2. The number of hydrogen-bond donors (Lipinski definition) is 1. The van der Waals surface area contributed by atoms with Gasteiger partial charge in [0.2, 0.25) is 5.88 Å². The number of nitrogens with zero attached hydrogens (tertiary/aromatic N) is 2. The Morgan fingerprint density at radius 3 is 2.75 bits per heavy atom. The predicted molar refractivity (Wildman–Crippen MR) is 66.4 cm³/mol. The van der Waals surface area contributed by atoms with E-state index in [1.165, 1.54) is 19.2 Å². The topological polar surface area (TPSA) is 64.3 Å². The Bertz CT molecular complexity index is 673. The van der Waals surface area contributed by atoms with Crippen LogP contribution in [0.2, 0.25) is 0 Å². The number of ether oxygens (including phenoxy) is 1. The SMILES string of the molecule is COc1ccc(=O)n(C[C@H](O)c2ccc(F)cc2F)n1. The highest BCUT2D eigenvalue weighted by atomic mass is 19.1. The minimum absolute atomic E-state index is 0.108. The van der Waals surface area contributed by atoms with E-state index >= 15 is 0 Å². The lowest BCUT2D eigenvalue weighted by Crippen LogP contribution is -2.25. The Kier molecular flexibility index (Phi) is 4.09. The van der Waals surface area contributed by atoms with Gasteiger partial charge in [-0.1, -0.05) is 6.07 Å². The molecule has 0 spiro atoms. The third-order valence-electron chi connectivity index (χ3n) is 2.72. The third kappa shape index (κ3) is 3.00. The van der Waals surface area contributed by atoms with Gasteiger partial charge in [-0.15, -0.1) is 5.10 Å². The number of hydrogen-bond acceptors (Lipinski definition) is 4. The monoisotopic (exact) mass is 282 g/mol. The van der Waals surface area contributed by atoms with Crippen molar-refractivity contribution < 1.29 is 18.6 Å². The summed E-state index contributed by atoms with van der Waals surface area (Å²) >= 11 is 0. The van der Waals surface area contributed by atoms with Gasteiger partial charge >= 0.3 is 0 Å². The first-order chi connectivity index (χ1) is 9.51. The number of benzene rings is 1. The van der Waals surface area contributed by atoms with Crippen LogP contribution in [-0.4, -0.2) is 22.0 Å². The number of rotatable bonds is 4. The zero-order valence-electron chi connectivity index (χ0n) is 10.6. The molecule has 1 aromatic heterocycles. The summed E-state index contributed by atoms with van der Waals surface area (Å²) in [5.74, 6) is -1.43. The Morgan fingerprint density at radius 1 is 1.35 bits per heavy atom. The van der Waals surface area contributed by atoms with Crippen LogP contribution in [0.15, 0.2) is 35.1 Å². The van der Waals surface area contributed by atoms with E-state index in [4.69, 9.17) is 4.74 Å². The lowest BCUT2D eigenvalue weighted by Gasteiger charge is -2.13. The van der Waals surface area contributed by atoms with Gasteiger partial charge in [-0.05, 0) is 6.07 Å². The maximum atomic E-state index is 13.5. The third-order valence-corrected chi connectivity index (χ3v) is 2.72. The average molecular weight is 282 g/mol. The summed E-state index contributed by atoms with van der Waals surface area (Å²) in [5.41, 5.74) is -0.574. The maximum absolute atomic E-state index is 13.5. The molecule has 0 saturated carbocycles. The molecule has 0 aliphatic heterocycles. The fourth-order valence-electron chi connectivity index (χ4n) is 1.70. The molecule has 7 heteroatoms. The Morgan fingerprint density at radius 2 is 2.10 bits per heavy atom. The molecule has 0 bridgehead atoms. The van der Waals surface area contributed by atoms with Crippen molar-refractivity contribution in [2.45, 2.75) is 12.6 Å². The molecule has 0 unspecified atom stereocenters. The van der Waals surface area contributed by atoms with Gasteiger partial charge < -0.3 is 9.84 Å². The molecule has 0 aliphatic carbocycles. The average Bonchev–Trinajstić information content (AvgIpc) is 2.41. The van der Waals surface area contributed by atoms with Gasteiger partial charge in [0, 0.05) is 23.8 Å². The van der Waals surface area contributed by atoms with E-state index in [1.807, 2.05) is 0 Å². The van der Waals surface area contributed by atoms with E-state index in [9.17, 15) is 18.7 Å². The summed E-state index contributed by atoms with van der Waals surface area (Å²) in [6, 6.07) is 5.42. The van der Waals surface area contributed by atoms with Gasteiger partial charge in [0.1, 0.15) is 17.7 Å². The molecule has 0 fully saturated rings. The Balaban J connectivity index is 2.27. The van der Waals surface area contributed by atoms with Gasteiger partial charge in [0.25, 0.3) is 5.56 Å². The fourth-order valence-corrected chi connectivity index (χ4v) is 1.70. The molecular formula is C13H12F2N2O3. The lowest BCUT2D eigenvalue weighted by atomic mass is 10.1. The van der Waals surface area contributed by atoms with Crippen LogP contribution < -0.4 is 10.3 Å². The van der Waals surface area contributed by atoms with E-state index in [2.05, 4.69) is 5.10 Å². The molecule has 1 atom stereocenters. The molecule has 0 radical (unpaired) electrons. The molecule has 1 aromatic carbocycles. The normalized spacial score (nSPS) is 12.2. The standard InChI is InChI=1S/C13H12F2N2O3/c1-20-12-4-5-13(19)17(16-12)7-11(18)9-3-2-8(14)6-10(9)15/h2-6,11,18H,7H2,1H3/t11-/m0/s1. The first kappa shape index (κ1) is 14.1. The second-order valence-corrected chi connectivity index (χ2v) is 4.08. The van der Waals surface area contributed by atoms with Crippen LogP contribution in [0, 0.1) is 11.6 Å². The van der Waals surface area contributed by atoms with E-state index in [-0.39, 0.29) is 18.0 Å². The summed E-state index contributed by atoms with van der Waals surface area (Å²) in [7, 11) is 1.38. The van der Waals surface area contributed by atoms with Crippen molar-refractivity contribution in [3.8, 4) is 5.88 Å². The second-order valence-electron chi connectivity index (χ2n) is 4.08. The number of aliphatic hydroxyl groups excluding tert-OH is 1. The highest BCUT2D eigenvalue weighted by molar-refractivity contribution is 5.20. The minimum Gasteiger partial charge on any atom is -0.480 e. The van der Waals surface area contributed by atoms with Crippen LogP contribution in [0.4, 0.5) is 8.78 Å². The predicted octanol–water partition coefficient (Wildman–Crippen LogP) is 1.26. The molecule has 5 nitrogen and oxygen atoms in total. The smallest absolute Gasteiger partial charge is 0.267 e. The molecule has 20 heavy (non-hydrogen) atoms. The number of halogens is 2. The molecule has 0 aliphatic rings. The fraction of sp³-hybridized carbons (Fsp3) is 0.231. The van der Waals surface area contributed by atoms with E-state index in [0.717, 1.165) is 16.8 Å². The Labute approximate surface area is 113 Å². The number of methoxy groups -OCH3 is 1. The van der Waals surface area contributed by atoms with Gasteiger partial charge in [-0.2, -0.15) is 0 Å². The van der Waals surface area contributed by atoms with Crippen molar-refractivity contribution in [1.82, 2.24) is 9.78 Å². The zero-order valence-corrected chi connectivity index (χ0v) is 10.6.